The van der Waals surface area contributed by atoms with Gasteiger partial charge in [-0.25, -0.2) is 0 Å². The topological polar surface area (TPSA) is 77.6 Å². The molecule has 0 unspecified atom stereocenters. The standard InChI is InChI=1S/C21H27N5O2/c27-20(24-19-6-2-1-3-7-19)17-25(16-18-5-4-9-23-15-18)12-8-21(28)26-13-10-22-11-14-26/h1-7,9,15,22H,8,10-14,16-17H2,(H,24,27). The number of para-hydroxylation sites is 1. The summed E-state index contributed by atoms with van der Waals surface area (Å²) in [6.45, 7) is 4.49. The molecule has 0 radical (unpaired) electrons. The van der Waals surface area contributed by atoms with Crippen LogP contribution >= 0.6 is 0 Å². The Kier molecular flexibility index (Phi) is 7.52. The van der Waals surface area contributed by atoms with Gasteiger partial charge >= 0.3 is 0 Å². The molecular weight excluding hydrogens is 354 g/mol. The van der Waals surface area contributed by atoms with Crippen molar-refractivity contribution in [2.24, 2.45) is 0 Å². The van der Waals surface area contributed by atoms with E-state index in [-0.39, 0.29) is 18.4 Å². The summed E-state index contributed by atoms with van der Waals surface area (Å²) >= 11 is 0. The van der Waals surface area contributed by atoms with Gasteiger partial charge in [0.05, 0.1) is 6.54 Å². The summed E-state index contributed by atoms with van der Waals surface area (Å²) in [7, 11) is 0. The maximum absolute atomic E-state index is 12.5. The van der Waals surface area contributed by atoms with Crippen LogP contribution in [0.5, 0.6) is 0 Å². The molecule has 148 valence electrons. The van der Waals surface area contributed by atoms with Gasteiger partial charge in [-0.05, 0) is 23.8 Å². The largest absolute Gasteiger partial charge is 0.340 e. The zero-order valence-corrected chi connectivity index (χ0v) is 16.0. The molecule has 0 spiro atoms. The molecule has 0 saturated carbocycles. The molecular formula is C21H27N5O2. The zero-order valence-electron chi connectivity index (χ0n) is 16.0. The monoisotopic (exact) mass is 381 g/mol. The molecule has 0 bridgehead atoms. The highest BCUT2D eigenvalue weighted by atomic mass is 16.2. The fourth-order valence-corrected chi connectivity index (χ4v) is 3.22. The van der Waals surface area contributed by atoms with Crippen molar-refractivity contribution in [3.63, 3.8) is 0 Å². The van der Waals surface area contributed by atoms with Gasteiger partial charge in [-0.3, -0.25) is 19.5 Å². The Labute approximate surface area is 165 Å². The van der Waals surface area contributed by atoms with E-state index in [4.69, 9.17) is 0 Å². The van der Waals surface area contributed by atoms with Crippen LogP contribution in [0.3, 0.4) is 0 Å². The van der Waals surface area contributed by atoms with Crippen LogP contribution < -0.4 is 10.6 Å². The number of pyridine rings is 1. The molecule has 28 heavy (non-hydrogen) atoms. The average Bonchev–Trinajstić information content (AvgIpc) is 2.74. The van der Waals surface area contributed by atoms with Gasteiger partial charge in [-0.2, -0.15) is 0 Å². The first-order chi connectivity index (χ1) is 13.7. The lowest BCUT2D eigenvalue weighted by Gasteiger charge is -2.29. The van der Waals surface area contributed by atoms with Gasteiger partial charge in [0.2, 0.25) is 11.8 Å². The summed E-state index contributed by atoms with van der Waals surface area (Å²) in [6, 6.07) is 13.3. The van der Waals surface area contributed by atoms with Gasteiger partial charge in [0, 0.05) is 63.8 Å². The highest BCUT2D eigenvalue weighted by Gasteiger charge is 2.18. The molecule has 1 saturated heterocycles. The number of nitrogens with zero attached hydrogens (tertiary/aromatic N) is 3. The van der Waals surface area contributed by atoms with Gasteiger partial charge in [-0.1, -0.05) is 24.3 Å². The Morgan fingerprint density at radius 3 is 2.61 bits per heavy atom. The number of amides is 2. The Hall–Kier alpha value is -2.77. The summed E-state index contributed by atoms with van der Waals surface area (Å²) in [4.78, 5) is 33.0. The van der Waals surface area contributed by atoms with Gasteiger partial charge in [0.1, 0.15) is 0 Å². The predicted molar refractivity (Wildman–Crippen MR) is 109 cm³/mol. The number of aromatic nitrogens is 1. The summed E-state index contributed by atoms with van der Waals surface area (Å²) in [5, 5.41) is 6.16. The Balaban J connectivity index is 1.57. The van der Waals surface area contributed by atoms with E-state index in [0.717, 1.165) is 37.4 Å². The maximum Gasteiger partial charge on any atom is 0.238 e. The minimum atomic E-state index is -0.0929. The molecule has 7 heteroatoms. The van der Waals surface area contributed by atoms with Crippen LogP contribution in [0.15, 0.2) is 54.9 Å². The van der Waals surface area contributed by atoms with E-state index in [0.29, 0.717) is 19.5 Å². The Bertz CT molecular complexity index is 748. The third kappa shape index (κ3) is 6.44. The second-order valence-electron chi connectivity index (χ2n) is 6.87. The predicted octanol–water partition coefficient (Wildman–Crippen LogP) is 1.34. The number of piperazine rings is 1. The van der Waals surface area contributed by atoms with Crippen LogP contribution in [-0.4, -0.2) is 65.9 Å². The van der Waals surface area contributed by atoms with Crippen molar-refractivity contribution in [3.8, 4) is 0 Å². The van der Waals surface area contributed by atoms with E-state index in [9.17, 15) is 9.59 Å². The smallest absolute Gasteiger partial charge is 0.238 e. The highest BCUT2D eigenvalue weighted by molar-refractivity contribution is 5.92. The van der Waals surface area contributed by atoms with Crippen molar-refractivity contribution in [2.45, 2.75) is 13.0 Å². The first kappa shape index (κ1) is 20.0. The van der Waals surface area contributed by atoms with Crippen molar-refractivity contribution >= 4 is 17.5 Å². The first-order valence-electron chi connectivity index (χ1n) is 9.65. The highest BCUT2D eigenvalue weighted by Crippen LogP contribution is 2.08. The molecule has 2 heterocycles. The molecule has 0 aliphatic carbocycles. The summed E-state index contributed by atoms with van der Waals surface area (Å²) < 4.78 is 0. The molecule has 1 fully saturated rings. The molecule has 7 nitrogen and oxygen atoms in total. The average molecular weight is 381 g/mol. The minimum absolute atomic E-state index is 0.0929. The van der Waals surface area contributed by atoms with E-state index in [1.54, 1.807) is 12.4 Å². The van der Waals surface area contributed by atoms with Crippen LogP contribution in [-0.2, 0) is 16.1 Å². The molecule has 2 aromatic rings. The molecule has 2 N–H and O–H groups in total. The van der Waals surface area contributed by atoms with Crippen molar-refractivity contribution in [1.82, 2.24) is 20.1 Å². The van der Waals surface area contributed by atoms with Gasteiger partial charge in [0.25, 0.3) is 0 Å². The second-order valence-corrected chi connectivity index (χ2v) is 6.87. The third-order valence-corrected chi connectivity index (χ3v) is 4.67. The lowest BCUT2D eigenvalue weighted by molar-refractivity contribution is -0.132. The number of carbonyl (C=O) groups is 2. The number of rotatable bonds is 8. The first-order valence-corrected chi connectivity index (χ1v) is 9.65. The molecule has 1 aliphatic heterocycles. The van der Waals surface area contributed by atoms with Gasteiger partial charge < -0.3 is 15.5 Å². The lowest BCUT2D eigenvalue weighted by atomic mass is 10.2. The molecule has 2 amide bonds. The van der Waals surface area contributed by atoms with Gasteiger partial charge in [0.15, 0.2) is 0 Å². The quantitative estimate of drug-likeness (QED) is 0.722. The maximum atomic E-state index is 12.5. The van der Waals surface area contributed by atoms with E-state index in [1.807, 2.05) is 52.3 Å². The number of nitrogens with one attached hydrogen (secondary N) is 2. The number of hydrogen-bond acceptors (Lipinski definition) is 5. The van der Waals surface area contributed by atoms with Crippen LogP contribution in [0.25, 0.3) is 0 Å². The SMILES string of the molecule is O=C(CN(CCC(=O)N1CCNCC1)Cc1cccnc1)Nc1ccccc1. The normalized spacial score (nSPS) is 14.1. The van der Waals surface area contributed by atoms with E-state index >= 15 is 0 Å². The van der Waals surface area contributed by atoms with Crippen LogP contribution in [0, 0.1) is 0 Å². The van der Waals surface area contributed by atoms with Crippen molar-refractivity contribution in [2.75, 3.05) is 44.6 Å². The molecule has 0 atom stereocenters. The second kappa shape index (κ2) is 10.5. The van der Waals surface area contributed by atoms with Crippen LogP contribution in [0.1, 0.15) is 12.0 Å². The van der Waals surface area contributed by atoms with Crippen LogP contribution in [0.2, 0.25) is 0 Å². The lowest BCUT2D eigenvalue weighted by Crippen LogP contribution is -2.47. The van der Waals surface area contributed by atoms with E-state index in [2.05, 4.69) is 15.6 Å². The van der Waals surface area contributed by atoms with Crippen molar-refractivity contribution in [3.05, 3.63) is 60.4 Å². The molecule has 3 rings (SSSR count). The van der Waals surface area contributed by atoms with E-state index in [1.165, 1.54) is 0 Å². The van der Waals surface area contributed by atoms with Gasteiger partial charge in [-0.15, -0.1) is 0 Å². The molecule has 1 aromatic carbocycles. The Morgan fingerprint density at radius 1 is 1.11 bits per heavy atom. The van der Waals surface area contributed by atoms with Crippen molar-refractivity contribution < 1.29 is 9.59 Å². The minimum Gasteiger partial charge on any atom is -0.340 e. The summed E-state index contributed by atoms with van der Waals surface area (Å²) in [5.74, 6) is 0.0471. The fraction of sp³-hybridized carbons (Fsp3) is 0.381. The van der Waals surface area contributed by atoms with Crippen LogP contribution in [0.4, 0.5) is 5.69 Å². The van der Waals surface area contributed by atoms with Crippen molar-refractivity contribution in [1.29, 1.82) is 0 Å². The molecule has 1 aromatic heterocycles. The zero-order chi connectivity index (χ0) is 19.6. The van der Waals surface area contributed by atoms with E-state index < -0.39 is 0 Å². The number of carbonyl (C=O) groups excluding carboxylic acids is 2. The summed E-state index contributed by atoms with van der Waals surface area (Å²) in [5.41, 5.74) is 1.79. The Morgan fingerprint density at radius 2 is 1.89 bits per heavy atom. The number of benzene rings is 1. The number of anilines is 1. The third-order valence-electron chi connectivity index (χ3n) is 4.67. The summed E-state index contributed by atoms with van der Waals surface area (Å²) in [6.07, 6.45) is 3.92. The molecule has 1 aliphatic rings. The number of hydrogen-bond donors (Lipinski definition) is 2. The fourth-order valence-electron chi connectivity index (χ4n) is 3.22.